The maximum absolute atomic E-state index is 13.3. The van der Waals surface area contributed by atoms with Crippen molar-refractivity contribution in [1.82, 2.24) is 14.0 Å². The van der Waals surface area contributed by atoms with Crippen LogP contribution in [0.1, 0.15) is 36.9 Å². The number of aryl methyl sites for hydroxylation is 1. The van der Waals surface area contributed by atoms with Gasteiger partial charge in [-0.05, 0) is 49.9 Å². The van der Waals surface area contributed by atoms with Gasteiger partial charge in [0.05, 0.1) is 16.9 Å². The van der Waals surface area contributed by atoms with E-state index in [0.717, 1.165) is 18.4 Å². The Morgan fingerprint density at radius 3 is 2.52 bits per heavy atom. The van der Waals surface area contributed by atoms with Crippen LogP contribution in [0.2, 0.25) is 0 Å². The van der Waals surface area contributed by atoms with Gasteiger partial charge in [-0.3, -0.25) is 18.7 Å². The molecule has 0 N–H and O–H groups in total. The maximum atomic E-state index is 13.3. The largest absolute Gasteiger partial charge is 0.334 e. The summed E-state index contributed by atoms with van der Waals surface area (Å²) in [6, 6.07) is 15.2. The molecule has 150 valence electrons. The van der Waals surface area contributed by atoms with Gasteiger partial charge in [-0.2, -0.15) is 0 Å². The summed E-state index contributed by atoms with van der Waals surface area (Å²) in [6.45, 7) is 4.70. The van der Waals surface area contributed by atoms with Crippen LogP contribution < -0.4 is 11.2 Å². The average Bonchev–Trinajstić information content (AvgIpc) is 3.21. The number of rotatable bonds is 4. The van der Waals surface area contributed by atoms with Gasteiger partial charge in [-0.15, -0.1) is 0 Å². The highest BCUT2D eigenvalue weighted by molar-refractivity contribution is 5.82. The predicted molar refractivity (Wildman–Crippen MR) is 113 cm³/mol. The molecule has 1 atom stereocenters. The second-order valence-electron chi connectivity index (χ2n) is 7.54. The number of fused-ring (bicyclic) bond motifs is 1. The fraction of sp³-hybridized carbons (Fsp3) is 0.348. The molecule has 0 saturated carbocycles. The summed E-state index contributed by atoms with van der Waals surface area (Å²) >= 11 is 0. The summed E-state index contributed by atoms with van der Waals surface area (Å²) in [5, 5.41) is 0.457. The highest BCUT2D eigenvalue weighted by Crippen LogP contribution is 2.33. The summed E-state index contributed by atoms with van der Waals surface area (Å²) in [6.07, 6.45) is 1.86. The number of carbonyl (C=O) groups excluding carboxylic acids is 1. The third kappa shape index (κ3) is 3.28. The Morgan fingerprint density at radius 1 is 1.03 bits per heavy atom. The van der Waals surface area contributed by atoms with Crippen LogP contribution >= 0.6 is 0 Å². The molecular weight excluding hydrogens is 366 g/mol. The molecule has 0 radical (unpaired) electrons. The molecule has 0 bridgehead atoms. The van der Waals surface area contributed by atoms with Gasteiger partial charge >= 0.3 is 5.69 Å². The van der Waals surface area contributed by atoms with Crippen molar-refractivity contribution in [2.75, 3.05) is 6.54 Å². The van der Waals surface area contributed by atoms with E-state index in [1.807, 2.05) is 17.0 Å². The SMILES string of the molecule is CCn1c(=O)c2ccccc2n(CC(=O)N2CCCC2c2ccccc2C)c1=O. The van der Waals surface area contributed by atoms with E-state index >= 15 is 0 Å². The number of amides is 1. The highest BCUT2D eigenvalue weighted by atomic mass is 16.2. The standard InChI is InChI=1S/C23H25N3O3/c1-3-24-22(28)18-11-6-7-12-20(18)26(23(24)29)15-21(27)25-14-8-13-19(25)17-10-5-4-9-16(17)2/h4-7,9-12,19H,3,8,13-15H2,1-2H3. The molecule has 2 aromatic carbocycles. The lowest BCUT2D eigenvalue weighted by Crippen LogP contribution is -2.43. The fourth-order valence-corrected chi connectivity index (χ4v) is 4.38. The first kappa shape index (κ1) is 19.2. The molecule has 6 heteroatoms. The van der Waals surface area contributed by atoms with Crippen molar-refractivity contribution in [2.45, 2.75) is 45.8 Å². The van der Waals surface area contributed by atoms with Crippen LogP contribution in [0.5, 0.6) is 0 Å². The number of nitrogens with zero attached hydrogens (tertiary/aromatic N) is 3. The van der Waals surface area contributed by atoms with Crippen LogP contribution in [0.3, 0.4) is 0 Å². The third-order valence-corrected chi connectivity index (χ3v) is 5.86. The summed E-state index contributed by atoms with van der Waals surface area (Å²) in [5.41, 5.74) is 2.09. The lowest BCUT2D eigenvalue weighted by Gasteiger charge is -2.27. The van der Waals surface area contributed by atoms with Gasteiger partial charge < -0.3 is 4.90 Å². The van der Waals surface area contributed by atoms with Crippen molar-refractivity contribution in [2.24, 2.45) is 0 Å². The summed E-state index contributed by atoms with van der Waals surface area (Å²) in [7, 11) is 0. The molecule has 6 nitrogen and oxygen atoms in total. The zero-order valence-corrected chi connectivity index (χ0v) is 16.8. The van der Waals surface area contributed by atoms with Crippen LogP contribution in [0.15, 0.2) is 58.1 Å². The van der Waals surface area contributed by atoms with E-state index in [2.05, 4.69) is 19.1 Å². The number of para-hydroxylation sites is 1. The van der Waals surface area contributed by atoms with Crippen molar-refractivity contribution >= 4 is 16.8 Å². The lowest BCUT2D eigenvalue weighted by molar-refractivity contribution is -0.132. The molecule has 1 aromatic heterocycles. The first-order chi connectivity index (χ1) is 14.0. The molecule has 3 aromatic rings. The van der Waals surface area contributed by atoms with E-state index in [1.165, 1.54) is 14.7 Å². The Bertz CT molecular complexity index is 1190. The maximum Gasteiger partial charge on any atom is 0.331 e. The number of aromatic nitrogens is 2. The topological polar surface area (TPSA) is 64.3 Å². The molecule has 1 unspecified atom stereocenters. The van der Waals surface area contributed by atoms with Crippen LogP contribution in [-0.2, 0) is 17.9 Å². The zero-order chi connectivity index (χ0) is 20.5. The summed E-state index contributed by atoms with van der Waals surface area (Å²) in [4.78, 5) is 40.7. The van der Waals surface area contributed by atoms with Crippen molar-refractivity contribution in [1.29, 1.82) is 0 Å². The quantitative estimate of drug-likeness (QED) is 0.687. The number of hydrogen-bond acceptors (Lipinski definition) is 3. The second-order valence-corrected chi connectivity index (χ2v) is 7.54. The predicted octanol–water partition coefficient (Wildman–Crippen LogP) is 2.86. The molecule has 1 aliphatic heterocycles. The average molecular weight is 391 g/mol. The van der Waals surface area contributed by atoms with Gasteiger partial charge in [-0.1, -0.05) is 36.4 Å². The first-order valence-electron chi connectivity index (χ1n) is 10.1. The van der Waals surface area contributed by atoms with Crippen LogP contribution in [0.4, 0.5) is 0 Å². The highest BCUT2D eigenvalue weighted by Gasteiger charge is 2.31. The van der Waals surface area contributed by atoms with E-state index < -0.39 is 5.69 Å². The van der Waals surface area contributed by atoms with E-state index in [4.69, 9.17) is 0 Å². The molecule has 1 aliphatic rings. The Kier molecular flexibility index (Phi) is 5.09. The lowest BCUT2D eigenvalue weighted by atomic mass is 9.99. The molecule has 1 amide bonds. The van der Waals surface area contributed by atoms with Crippen LogP contribution in [0, 0.1) is 6.92 Å². The zero-order valence-electron chi connectivity index (χ0n) is 16.8. The van der Waals surface area contributed by atoms with Gasteiger partial charge in [0.15, 0.2) is 0 Å². The first-order valence-corrected chi connectivity index (χ1v) is 10.1. The van der Waals surface area contributed by atoms with Crippen molar-refractivity contribution in [3.8, 4) is 0 Å². The Balaban J connectivity index is 1.74. The minimum Gasteiger partial charge on any atom is -0.334 e. The Morgan fingerprint density at radius 2 is 1.76 bits per heavy atom. The molecule has 2 heterocycles. The van der Waals surface area contributed by atoms with Gasteiger partial charge in [0, 0.05) is 13.1 Å². The van der Waals surface area contributed by atoms with Gasteiger partial charge in [-0.25, -0.2) is 4.79 Å². The molecule has 1 fully saturated rings. The number of carbonyl (C=O) groups is 1. The van der Waals surface area contributed by atoms with E-state index in [9.17, 15) is 14.4 Å². The smallest absolute Gasteiger partial charge is 0.331 e. The second kappa shape index (κ2) is 7.70. The van der Waals surface area contributed by atoms with Crippen LogP contribution in [-0.4, -0.2) is 26.5 Å². The molecular formula is C23H25N3O3. The number of hydrogen-bond donors (Lipinski definition) is 0. The van der Waals surface area contributed by atoms with Gasteiger partial charge in [0.2, 0.25) is 5.91 Å². The minimum absolute atomic E-state index is 0.0303. The minimum atomic E-state index is -0.434. The Hall–Kier alpha value is -3.15. The molecule has 4 rings (SSSR count). The molecule has 0 spiro atoms. The fourth-order valence-electron chi connectivity index (χ4n) is 4.38. The number of benzene rings is 2. The van der Waals surface area contributed by atoms with Crippen molar-refractivity contribution < 1.29 is 4.79 Å². The molecule has 1 saturated heterocycles. The van der Waals surface area contributed by atoms with Crippen molar-refractivity contribution in [3.05, 3.63) is 80.5 Å². The van der Waals surface area contributed by atoms with Crippen LogP contribution in [0.25, 0.3) is 10.9 Å². The summed E-state index contributed by atoms with van der Waals surface area (Å²) in [5.74, 6) is -0.0932. The summed E-state index contributed by atoms with van der Waals surface area (Å²) < 4.78 is 2.63. The van der Waals surface area contributed by atoms with Crippen molar-refractivity contribution in [3.63, 3.8) is 0 Å². The van der Waals surface area contributed by atoms with Gasteiger partial charge in [0.1, 0.15) is 6.54 Å². The number of likely N-dealkylation sites (tertiary alicyclic amines) is 1. The van der Waals surface area contributed by atoms with Gasteiger partial charge in [0.25, 0.3) is 5.56 Å². The van der Waals surface area contributed by atoms with E-state index in [-0.39, 0.29) is 30.6 Å². The molecule has 29 heavy (non-hydrogen) atoms. The Labute approximate surface area is 169 Å². The normalized spacial score (nSPS) is 16.5. The van der Waals surface area contributed by atoms with E-state index in [1.54, 1.807) is 31.2 Å². The molecule has 0 aliphatic carbocycles. The van der Waals surface area contributed by atoms with E-state index in [0.29, 0.717) is 17.4 Å². The third-order valence-electron chi connectivity index (χ3n) is 5.86. The monoisotopic (exact) mass is 391 g/mol.